The number of nitrogens with zero attached hydrogens (tertiary/aromatic N) is 1. The summed E-state index contributed by atoms with van der Waals surface area (Å²) in [5, 5.41) is 0. The lowest BCUT2D eigenvalue weighted by atomic mass is 9.86. The molecular weight excluding hydrogens is 473 g/mol. The molecule has 1 aliphatic carbocycles. The number of allylic oxidation sites excluding steroid dienone is 1. The highest BCUT2D eigenvalue weighted by molar-refractivity contribution is 5.79. The number of halogens is 1. The zero-order chi connectivity index (χ0) is 19.6. The molecule has 2 bridgehead atoms. The molecule has 160 valence electrons. The van der Waals surface area contributed by atoms with Gasteiger partial charge in [-0.05, 0) is 43.2 Å². The quantitative estimate of drug-likeness (QED) is 0.335. The van der Waals surface area contributed by atoms with Gasteiger partial charge in [-0.1, -0.05) is 42.8 Å². The Morgan fingerprint density at radius 3 is 2.38 bits per heavy atom. The molecule has 0 amide bonds. The van der Waals surface area contributed by atoms with Crippen LogP contribution in [0.2, 0.25) is 0 Å². The van der Waals surface area contributed by atoms with Crippen molar-refractivity contribution in [1.29, 1.82) is 0 Å². The van der Waals surface area contributed by atoms with Crippen molar-refractivity contribution in [2.24, 2.45) is 0 Å². The number of piperidine rings is 1. The fourth-order valence-corrected chi connectivity index (χ4v) is 6.19. The zero-order valence-corrected chi connectivity index (χ0v) is 20.2. The molecule has 0 saturated carbocycles. The fraction of sp³-hybridized carbons (Fsp3) is 0.640. The van der Waals surface area contributed by atoms with Gasteiger partial charge in [-0.3, -0.25) is 4.79 Å². The largest absolute Gasteiger partial charge is 1.00 e. The van der Waals surface area contributed by atoms with Crippen molar-refractivity contribution < 1.29 is 38.0 Å². The van der Waals surface area contributed by atoms with Crippen molar-refractivity contribution >= 4 is 11.5 Å². The monoisotopic (exact) mass is 509 g/mol. The summed E-state index contributed by atoms with van der Waals surface area (Å²) in [6.07, 6.45) is 11.1. The molecule has 2 saturated heterocycles. The summed E-state index contributed by atoms with van der Waals surface area (Å²) in [7, 11) is 2.43. The predicted molar refractivity (Wildman–Crippen MR) is 114 cm³/mol. The van der Waals surface area contributed by atoms with Crippen LogP contribution in [0.4, 0.5) is 0 Å². The van der Waals surface area contributed by atoms with Crippen molar-refractivity contribution in [3.63, 3.8) is 0 Å². The van der Waals surface area contributed by atoms with Crippen LogP contribution in [0.5, 0.6) is 0 Å². The summed E-state index contributed by atoms with van der Waals surface area (Å²) in [5.41, 5.74) is 3.99. The van der Waals surface area contributed by atoms with E-state index in [0.717, 1.165) is 25.7 Å². The first-order valence-corrected chi connectivity index (χ1v) is 11.4. The lowest BCUT2D eigenvalue weighted by molar-refractivity contribution is -0.949. The van der Waals surface area contributed by atoms with Gasteiger partial charge in [0.05, 0.1) is 32.1 Å². The number of hydrogen-bond acceptors (Lipinski definition) is 2. The van der Waals surface area contributed by atoms with Gasteiger partial charge in [-0.15, -0.1) is 0 Å². The average Bonchev–Trinajstić information content (AvgIpc) is 2.86. The minimum absolute atomic E-state index is 0. The van der Waals surface area contributed by atoms with Crippen molar-refractivity contribution in [2.75, 3.05) is 13.6 Å². The summed E-state index contributed by atoms with van der Waals surface area (Å²) in [5.74, 6) is 0.00123. The Balaban J connectivity index is 0.00000240. The molecule has 4 heteroatoms. The summed E-state index contributed by atoms with van der Waals surface area (Å²) in [6, 6.07) is 12.0. The van der Waals surface area contributed by atoms with Gasteiger partial charge in [0.1, 0.15) is 6.10 Å². The van der Waals surface area contributed by atoms with Gasteiger partial charge in [0.15, 0.2) is 0 Å². The summed E-state index contributed by atoms with van der Waals surface area (Å²) in [4.78, 5) is 12.8. The van der Waals surface area contributed by atoms with Crippen LogP contribution >= 0.6 is 0 Å². The van der Waals surface area contributed by atoms with Gasteiger partial charge in [0, 0.05) is 25.7 Å². The van der Waals surface area contributed by atoms with E-state index in [1.807, 2.05) is 0 Å². The van der Waals surface area contributed by atoms with E-state index in [9.17, 15) is 4.79 Å². The second-order valence-corrected chi connectivity index (χ2v) is 9.37. The molecule has 0 spiro atoms. The lowest BCUT2D eigenvalue weighted by Gasteiger charge is -2.46. The highest BCUT2D eigenvalue weighted by Gasteiger charge is 2.51. The molecule has 2 fully saturated rings. The molecule has 0 N–H and O–H groups in total. The third-order valence-corrected chi connectivity index (χ3v) is 7.64. The smallest absolute Gasteiger partial charge is 0.310 e. The molecule has 3 aliphatic rings. The molecule has 3 nitrogen and oxygen atoms in total. The van der Waals surface area contributed by atoms with Gasteiger partial charge in [0.2, 0.25) is 0 Å². The number of benzene rings is 1. The second-order valence-electron chi connectivity index (χ2n) is 9.37. The number of quaternary nitrogens is 1. The number of esters is 1. The lowest BCUT2D eigenvalue weighted by Crippen LogP contribution is -3.00. The van der Waals surface area contributed by atoms with Crippen LogP contribution in [0.15, 0.2) is 35.9 Å². The fourth-order valence-electron chi connectivity index (χ4n) is 6.19. The number of ether oxygens (including phenoxy) is 1. The molecule has 2 heterocycles. The number of carbonyl (C=O) groups is 1. The van der Waals surface area contributed by atoms with Gasteiger partial charge in [-0.2, -0.15) is 0 Å². The molecule has 2 unspecified atom stereocenters. The summed E-state index contributed by atoms with van der Waals surface area (Å²) in [6.45, 7) is 3.56. The first kappa shape index (κ1) is 22.8. The Bertz CT molecular complexity index is 716. The van der Waals surface area contributed by atoms with E-state index in [4.69, 9.17) is 4.74 Å². The van der Waals surface area contributed by atoms with Crippen LogP contribution in [0.3, 0.4) is 0 Å². The highest BCUT2D eigenvalue weighted by Crippen LogP contribution is 2.42. The molecule has 1 aromatic carbocycles. The average molecular weight is 509 g/mol. The van der Waals surface area contributed by atoms with E-state index >= 15 is 0 Å². The third-order valence-electron chi connectivity index (χ3n) is 7.64. The molecular formula is C25H36INO2. The van der Waals surface area contributed by atoms with Gasteiger partial charge < -0.3 is 33.2 Å². The minimum atomic E-state index is 0. The van der Waals surface area contributed by atoms with Crippen molar-refractivity contribution in [3.05, 3.63) is 41.5 Å². The van der Waals surface area contributed by atoms with Crippen LogP contribution in [-0.4, -0.2) is 42.2 Å². The number of carbonyl (C=O) groups excluding carboxylic acids is 1. The predicted octanol–water partition coefficient (Wildman–Crippen LogP) is 2.50. The molecule has 2 atom stereocenters. The topological polar surface area (TPSA) is 26.3 Å². The van der Waals surface area contributed by atoms with Crippen LogP contribution in [0, 0.1) is 0 Å². The maximum atomic E-state index is 12.8. The van der Waals surface area contributed by atoms with E-state index in [1.54, 1.807) is 0 Å². The van der Waals surface area contributed by atoms with Gasteiger partial charge >= 0.3 is 5.97 Å². The SMILES string of the molecule is CCC[N+]1(C)C2CCC1CC(OC(=O)CC1=C(c3ccccc3)CCCC1)C2.[I-]. The van der Waals surface area contributed by atoms with Gasteiger partial charge in [-0.25, -0.2) is 0 Å². The second kappa shape index (κ2) is 9.95. The normalized spacial score (nSPS) is 31.3. The van der Waals surface area contributed by atoms with Crippen LogP contribution in [0.1, 0.15) is 76.7 Å². The summed E-state index contributed by atoms with van der Waals surface area (Å²) < 4.78 is 7.26. The van der Waals surface area contributed by atoms with Gasteiger partial charge in [0.25, 0.3) is 0 Å². The van der Waals surface area contributed by atoms with Crippen LogP contribution in [-0.2, 0) is 9.53 Å². The Kier molecular flexibility index (Phi) is 7.82. The van der Waals surface area contributed by atoms with Crippen molar-refractivity contribution in [3.8, 4) is 0 Å². The number of hydrogen-bond donors (Lipinski definition) is 0. The third kappa shape index (κ3) is 4.90. The van der Waals surface area contributed by atoms with Crippen molar-refractivity contribution in [2.45, 2.75) is 89.3 Å². The van der Waals surface area contributed by atoms with E-state index in [2.05, 4.69) is 44.3 Å². The highest BCUT2D eigenvalue weighted by atomic mass is 127. The number of fused-ring (bicyclic) bond motifs is 2. The standard InChI is InChI=1S/C25H36NO2.HI/c1-3-15-26(2)21-13-14-22(26)18-23(17-21)28-25(27)16-20-11-7-8-12-24(20)19-9-5-4-6-10-19;/h4-6,9-10,21-23H,3,7-8,11-18H2,1-2H3;1H/q+1;/p-1. The zero-order valence-electron chi connectivity index (χ0n) is 18.0. The maximum absolute atomic E-state index is 12.8. The Labute approximate surface area is 193 Å². The Morgan fingerprint density at radius 2 is 1.72 bits per heavy atom. The van der Waals surface area contributed by atoms with E-state index in [1.165, 1.54) is 59.8 Å². The summed E-state index contributed by atoms with van der Waals surface area (Å²) >= 11 is 0. The molecule has 1 aromatic rings. The molecule has 4 rings (SSSR count). The van der Waals surface area contributed by atoms with Crippen molar-refractivity contribution in [1.82, 2.24) is 0 Å². The Morgan fingerprint density at radius 1 is 1.07 bits per heavy atom. The Hall–Kier alpha value is -0.880. The molecule has 2 aliphatic heterocycles. The maximum Gasteiger partial charge on any atom is 0.310 e. The van der Waals surface area contributed by atoms with Crippen LogP contribution in [0.25, 0.3) is 5.57 Å². The van der Waals surface area contributed by atoms with E-state index < -0.39 is 0 Å². The van der Waals surface area contributed by atoms with E-state index in [0.29, 0.717) is 18.5 Å². The first-order chi connectivity index (χ1) is 13.6. The molecule has 0 aromatic heterocycles. The molecule has 0 radical (unpaired) electrons. The van der Waals surface area contributed by atoms with E-state index in [-0.39, 0.29) is 36.0 Å². The number of rotatable bonds is 6. The first-order valence-electron chi connectivity index (χ1n) is 11.4. The minimum Gasteiger partial charge on any atom is -1.00 e. The van der Waals surface area contributed by atoms with Crippen LogP contribution < -0.4 is 24.0 Å². The molecule has 29 heavy (non-hydrogen) atoms.